The van der Waals surface area contributed by atoms with Crippen molar-refractivity contribution >= 4 is 10.0 Å². The highest BCUT2D eigenvalue weighted by Gasteiger charge is 2.27. The van der Waals surface area contributed by atoms with Crippen molar-refractivity contribution in [3.05, 3.63) is 0 Å². The monoisotopic (exact) mass is 303 g/mol. The smallest absolute Gasteiger partial charge is 0.214 e. The molecule has 2 rings (SSSR count). The second kappa shape index (κ2) is 7.73. The number of nitrogens with one attached hydrogen (secondary N) is 2. The lowest BCUT2D eigenvalue weighted by Gasteiger charge is -2.33. The summed E-state index contributed by atoms with van der Waals surface area (Å²) in [4.78, 5) is 0. The van der Waals surface area contributed by atoms with E-state index in [2.05, 4.69) is 10.6 Å². The minimum Gasteiger partial charge on any atom is -0.313 e. The number of piperidine rings is 2. The van der Waals surface area contributed by atoms with Gasteiger partial charge in [0.25, 0.3) is 0 Å². The van der Waals surface area contributed by atoms with Crippen LogP contribution in [0.4, 0.5) is 0 Å². The fourth-order valence-electron chi connectivity index (χ4n) is 3.13. The summed E-state index contributed by atoms with van der Waals surface area (Å²) in [5.74, 6) is 0.289. The van der Waals surface area contributed by atoms with Crippen molar-refractivity contribution in [3.63, 3.8) is 0 Å². The molecule has 2 aliphatic rings. The van der Waals surface area contributed by atoms with Gasteiger partial charge in [-0.3, -0.25) is 0 Å². The van der Waals surface area contributed by atoms with Crippen LogP contribution < -0.4 is 10.6 Å². The Bertz CT molecular complexity index is 372. The number of hydrogen-bond donors (Lipinski definition) is 2. The first-order valence-corrected chi connectivity index (χ1v) is 9.67. The van der Waals surface area contributed by atoms with Gasteiger partial charge in [-0.15, -0.1) is 0 Å². The minimum atomic E-state index is -3.00. The summed E-state index contributed by atoms with van der Waals surface area (Å²) in [6.07, 6.45) is 6.47. The summed E-state index contributed by atoms with van der Waals surface area (Å²) in [5, 5.41) is 7.15. The van der Waals surface area contributed by atoms with Gasteiger partial charge in [0.15, 0.2) is 0 Å². The molecule has 2 saturated heterocycles. The topological polar surface area (TPSA) is 61.4 Å². The maximum absolute atomic E-state index is 12.0. The Morgan fingerprint density at radius 2 is 1.95 bits per heavy atom. The summed E-state index contributed by atoms with van der Waals surface area (Å²) in [6.45, 7) is 5.44. The van der Waals surface area contributed by atoms with Crippen molar-refractivity contribution in [2.24, 2.45) is 0 Å². The van der Waals surface area contributed by atoms with Crippen LogP contribution in [0.15, 0.2) is 0 Å². The molecule has 0 aromatic carbocycles. The van der Waals surface area contributed by atoms with Gasteiger partial charge in [0.2, 0.25) is 10.0 Å². The quantitative estimate of drug-likeness (QED) is 0.766. The molecule has 2 heterocycles. The fraction of sp³-hybridized carbons (Fsp3) is 1.00. The molecule has 2 fully saturated rings. The summed E-state index contributed by atoms with van der Waals surface area (Å²) in [7, 11) is -3.00. The predicted molar refractivity (Wildman–Crippen MR) is 82.3 cm³/mol. The highest BCUT2D eigenvalue weighted by Crippen LogP contribution is 2.15. The highest BCUT2D eigenvalue weighted by molar-refractivity contribution is 7.89. The van der Waals surface area contributed by atoms with E-state index >= 15 is 0 Å². The van der Waals surface area contributed by atoms with Gasteiger partial charge in [-0.2, -0.15) is 0 Å². The third kappa shape index (κ3) is 4.69. The summed E-state index contributed by atoms with van der Waals surface area (Å²) >= 11 is 0. The van der Waals surface area contributed by atoms with E-state index in [1.165, 1.54) is 19.3 Å². The zero-order valence-corrected chi connectivity index (χ0v) is 13.4. The molecule has 5 nitrogen and oxygen atoms in total. The molecule has 0 amide bonds. The molecule has 0 spiro atoms. The normalized spacial score (nSPS) is 26.8. The molecule has 118 valence electrons. The van der Waals surface area contributed by atoms with Gasteiger partial charge in [0, 0.05) is 31.7 Å². The number of nitrogens with zero attached hydrogens (tertiary/aromatic N) is 1. The van der Waals surface area contributed by atoms with E-state index in [4.69, 9.17) is 0 Å². The highest BCUT2D eigenvalue weighted by atomic mass is 32.2. The molecule has 0 aliphatic carbocycles. The summed E-state index contributed by atoms with van der Waals surface area (Å²) < 4.78 is 25.7. The summed E-state index contributed by atoms with van der Waals surface area (Å²) in [5.41, 5.74) is 0. The lowest BCUT2D eigenvalue weighted by atomic mass is 10.0. The molecule has 1 atom stereocenters. The Balaban J connectivity index is 1.68. The van der Waals surface area contributed by atoms with Crippen molar-refractivity contribution in [1.29, 1.82) is 0 Å². The molecule has 0 saturated carbocycles. The van der Waals surface area contributed by atoms with Crippen molar-refractivity contribution in [1.82, 2.24) is 14.9 Å². The summed E-state index contributed by atoms with van der Waals surface area (Å²) in [6, 6.07) is 1.08. The molecular weight excluding hydrogens is 274 g/mol. The predicted octanol–water partition coefficient (Wildman–Crippen LogP) is 0.922. The Hall–Kier alpha value is -0.170. The third-order valence-electron chi connectivity index (χ3n) is 4.37. The molecule has 0 aromatic heterocycles. The van der Waals surface area contributed by atoms with E-state index < -0.39 is 10.0 Å². The van der Waals surface area contributed by atoms with Crippen molar-refractivity contribution in [3.8, 4) is 0 Å². The van der Waals surface area contributed by atoms with Crippen LogP contribution in [-0.2, 0) is 10.0 Å². The molecule has 6 heteroatoms. The van der Waals surface area contributed by atoms with Gasteiger partial charge < -0.3 is 10.6 Å². The zero-order valence-electron chi connectivity index (χ0n) is 12.6. The Morgan fingerprint density at radius 3 is 2.55 bits per heavy atom. The zero-order chi connectivity index (χ0) is 14.4. The molecule has 1 unspecified atom stereocenters. The van der Waals surface area contributed by atoms with Crippen LogP contribution in [0.5, 0.6) is 0 Å². The molecule has 0 aromatic rings. The van der Waals surface area contributed by atoms with Crippen LogP contribution in [0.2, 0.25) is 0 Å². The van der Waals surface area contributed by atoms with Gasteiger partial charge in [0.1, 0.15) is 0 Å². The van der Waals surface area contributed by atoms with E-state index in [0.717, 1.165) is 25.9 Å². The second-order valence-corrected chi connectivity index (χ2v) is 8.13. The van der Waals surface area contributed by atoms with Crippen LogP contribution in [0.1, 0.15) is 45.4 Å². The van der Waals surface area contributed by atoms with Crippen molar-refractivity contribution in [2.45, 2.75) is 57.5 Å². The number of hydrogen-bond acceptors (Lipinski definition) is 4. The molecule has 2 aliphatic heterocycles. The van der Waals surface area contributed by atoms with Gasteiger partial charge in [0.05, 0.1) is 5.75 Å². The number of sulfonamides is 1. The van der Waals surface area contributed by atoms with Gasteiger partial charge in [-0.05, 0) is 38.6 Å². The van der Waals surface area contributed by atoms with Crippen LogP contribution in [0, 0.1) is 0 Å². The maximum atomic E-state index is 12.0. The van der Waals surface area contributed by atoms with E-state index in [-0.39, 0.29) is 5.75 Å². The second-order valence-electron chi connectivity index (χ2n) is 6.04. The van der Waals surface area contributed by atoms with Gasteiger partial charge in [-0.25, -0.2) is 12.7 Å². The lowest BCUT2D eigenvalue weighted by Crippen LogP contribution is -2.49. The SMILES string of the molecule is CCCS(=O)(=O)N1CCC(NCC2CCCCN2)CC1. The fourth-order valence-corrected chi connectivity index (χ4v) is 4.67. The first kappa shape index (κ1) is 16.2. The first-order valence-electron chi connectivity index (χ1n) is 8.06. The van der Waals surface area contributed by atoms with E-state index in [9.17, 15) is 8.42 Å². The van der Waals surface area contributed by atoms with E-state index in [0.29, 0.717) is 31.6 Å². The van der Waals surface area contributed by atoms with Crippen LogP contribution >= 0.6 is 0 Å². The maximum Gasteiger partial charge on any atom is 0.214 e. The van der Waals surface area contributed by atoms with Gasteiger partial charge in [-0.1, -0.05) is 13.3 Å². The van der Waals surface area contributed by atoms with E-state index in [1.54, 1.807) is 4.31 Å². The van der Waals surface area contributed by atoms with Crippen LogP contribution in [-0.4, -0.2) is 56.7 Å². The Morgan fingerprint density at radius 1 is 1.20 bits per heavy atom. The van der Waals surface area contributed by atoms with Crippen LogP contribution in [0.3, 0.4) is 0 Å². The number of rotatable bonds is 6. The van der Waals surface area contributed by atoms with Gasteiger partial charge >= 0.3 is 0 Å². The molecule has 0 radical (unpaired) electrons. The Kier molecular flexibility index (Phi) is 6.26. The average Bonchev–Trinajstić information content (AvgIpc) is 2.47. The average molecular weight is 303 g/mol. The third-order valence-corrected chi connectivity index (χ3v) is 6.45. The van der Waals surface area contributed by atoms with Crippen molar-refractivity contribution in [2.75, 3.05) is 31.9 Å². The molecule has 0 bridgehead atoms. The Labute approximate surface area is 123 Å². The minimum absolute atomic E-state index is 0.289. The first-order chi connectivity index (χ1) is 9.62. The molecule has 20 heavy (non-hydrogen) atoms. The molecular formula is C14H29N3O2S. The largest absolute Gasteiger partial charge is 0.313 e. The van der Waals surface area contributed by atoms with E-state index in [1.807, 2.05) is 6.92 Å². The van der Waals surface area contributed by atoms with Crippen molar-refractivity contribution < 1.29 is 8.42 Å². The standard InChI is InChI=1S/C14H29N3O2S/c1-2-11-20(18,19)17-9-6-13(7-10-17)16-12-14-5-3-4-8-15-14/h13-16H,2-12H2,1H3. The van der Waals surface area contributed by atoms with Crippen LogP contribution in [0.25, 0.3) is 0 Å². The molecule has 2 N–H and O–H groups in total. The lowest BCUT2D eigenvalue weighted by molar-refractivity contribution is 0.275.